The maximum atomic E-state index is 12.7. The zero-order valence-electron chi connectivity index (χ0n) is 10.2. The molecule has 2 aromatic rings. The summed E-state index contributed by atoms with van der Waals surface area (Å²) >= 11 is 0. The van der Waals surface area contributed by atoms with Crippen molar-refractivity contribution < 1.29 is 18.5 Å². The lowest BCUT2D eigenvalue weighted by atomic mass is 9.99. The van der Waals surface area contributed by atoms with E-state index < -0.39 is 11.7 Å². The lowest BCUT2D eigenvalue weighted by molar-refractivity contribution is -0.665. The van der Waals surface area contributed by atoms with Crippen molar-refractivity contribution in [3.63, 3.8) is 0 Å². The molecule has 2 N–H and O–H groups in total. The molecule has 1 aliphatic rings. The summed E-state index contributed by atoms with van der Waals surface area (Å²) in [7, 11) is 0. The molecule has 0 radical (unpaired) electrons. The van der Waals surface area contributed by atoms with E-state index in [1.165, 1.54) is 10.5 Å². The van der Waals surface area contributed by atoms with Gasteiger partial charge >= 0.3 is 6.18 Å². The Morgan fingerprint density at radius 2 is 2.11 bits per heavy atom. The molecule has 0 bridgehead atoms. The number of alkyl halides is 3. The Morgan fingerprint density at radius 3 is 2.79 bits per heavy atom. The second-order valence-electron chi connectivity index (χ2n) is 4.85. The highest BCUT2D eigenvalue weighted by Gasteiger charge is 2.32. The fourth-order valence-electron chi connectivity index (χ4n) is 2.53. The highest BCUT2D eigenvalue weighted by molar-refractivity contribution is 5.40. The minimum absolute atomic E-state index is 0.173. The van der Waals surface area contributed by atoms with Crippen molar-refractivity contribution in [1.29, 1.82) is 0 Å². The fraction of sp³-hybridized carbons (Fsp3) is 0.500. The first-order valence-corrected chi connectivity index (χ1v) is 6.29. The van der Waals surface area contributed by atoms with E-state index >= 15 is 0 Å². The van der Waals surface area contributed by atoms with Crippen LogP contribution in [-0.2, 0) is 6.18 Å². The van der Waals surface area contributed by atoms with Crippen LogP contribution < -0.4 is 5.32 Å². The van der Waals surface area contributed by atoms with Gasteiger partial charge in [0.2, 0.25) is 0 Å². The normalized spacial score (nSPS) is 20.9. The third-order valence-electron chi connectivity index (χ3n) is 3.53. The number of hydrogen-bond donors (Lipinski definition) is 1. The molecule has 0 unspecified atom stereocenters. The molecular formula is C12H14F3N4+. The molecule has 102 valence electrons. The molecule has 0 amide bonds. The average molecular weight is 271 g/mol. The Labute approximate surface area is 107 Å². The molecule has 1 aliphatic heterocycles. The van der Waals surface area contributed by atoms with Crippen LogP contribution in [-0.4, -0.2) is 27.7 Å². The number of hydrogen-bond acceptors (Lipinski definition) is 2. The predicted molar refractivity (Wildman–Crippen MR) is 61.6 cm³/mol. The Kier molecular flexibility index (Phi) is 2.93. The molecule has 0 aromatic carbocycles. The molecule has 3 rings (SSSR count). The molecule has 0 saturated carbocycles. The van der Waals surface area contributed by atoms with Crippen LogP contribution in [0.15, 0.2) is 18.3 Å². The number of piperidine rings is 1. The van der Waals surface area contributed by atoms with Crippen LogP contribution in [0.2, 0.25) is 0 Å². The van der Waals surface area contributed by atoms with Crippen LogP contribution in [0, 0.1) is 0 Å². The molecule has 0 spiro atoms. The molecular weight excluding hydrogens is 257 g/mol. The predicted octanol–water partition coefficient (Wildman–Crippen LogP) is 1.19. The van der Waals surface area contributed by atoms with Crippen molar-refractivity contribution >= 4 is 5.65 Å². The number of aromatic nitrogens is 3. The van der Waals surface area contributed by atoms with Crippen LogP contribution in [0.5, 0.6) is 0 Å². The second-order valence-corrected chi connectivity index (χ2v) is 4.85. The van der Waals surface area contributed by atoms with Gasteiger partial charge in [-0.25, -0.2) is 0 Å². The van der Waals surface area contributed by atoms with Gasteiger partial charge in [-0.05, 0) is 25.0 Å². The van der Waals surface area contributed by atoms with Crippen molar-refractivity contribution in [3.8, 4) is 0 Å². The maximum Gasteiger partial charge on any atom is 0.417 e. The van der Waals surface area contributed by atoms with E-state index in [0.29, 0.717) is 11.5 Å². The van der Waals surface area contributed by atoms with Crippen LogP contribution in [0.1, 0.15) is 30.1 Å². The number of nitrogens with zero attached hydrogens (tertiary/aromatic N) is 3. The molecule has 19 heavy (non-hydrogen) atoms. The summed E-state index contributed by atoms with van der Waals surface area (Å²) in [6.07, 6.45) is -1.24. The monoisotopic (exact) mass is 271 g/mol. The number of pyridine rings is 1. The smallest absolute Gasteiger partial charge is 0.346 e. The van der Waals surface area contributed by atoms with Gasteiger partial charge in [-0.1, -0.05) is 0 Å². The number of nitrogens with two attached hydrogens (primary N) is 1. The minimum atomic E-state index is -4.34. The number of quaternary nitrogens is 1. The first kappa shape index (κ1) is 12.4. The molecule has 1 atom stereocenters. The first-order chi connectivity index (χ1) is 9.05. The van der Waals surface area contributed by atoms with Crippen LogP contribution in [0.4, 0.5) is 13.2 Å². The Hall–Kier alpha value is -1.63. The van der Waals surface area contributed by atoms with Gasteiger partial charge < -0.3 is 5.32 Å². The largest absolute Gasteiger partial charge is 0.417 e. The van der Waals surface area contributed by atoms with Gasteiger partial charge in [0.05, 0.1) is 24.6 Å². The fourth-order valence-corrected chi connectivity index (χ4v) is 2.53. The van der Waals surface area contributed by atoms with Gasteiger partial charge in [0.1, 0.15) is 5.82 Å². The molecule has 1 fully saturated rings. The van der Waals surface area contributed by atoms with Crippen molar-refractivity contribution in [2.75, 3.05) is 13.1 Å². The topological polar surface area (TPSA) is 46.8 Å². The first-order valence-electron chi connectivity index (χ1n) is 6.29. The summed E-state index contributed by atoms with van der Waals surface area (Å²) in [4.78, 5) is 0. The van der Waals surface area contributed by atoms with Crippen LogP contribution in [0.25, 0.3) is 5.65 Å². The van der Waals surface area contributed by atoms with Crippen molar-refractivity contribution in [1.82, 2.24) is 14.6 Å². The molecule has 3 heterocycles. The van der Waals surface area contributed by atoms with Crippen molar-refractivity contribution in [3.05, 3.63) is 29.7 Å². The van der Waals surface area contributed by atoms with Crippen molar-refractivity contribution in [2.24, 2.45) is 0 Å². The standard InChI is InChI=1S/C12H13F3N4/c13-12(14,15)9-3-4-10-17-18-11(19(10)7-9)8-2-1-5-16-6-8/h3-4,7-8,16H,1-2,5-6H2/p+1/t8-/m1/s1. The summed E-state index contributed by atoms with van der Waals surface area (Å²) in [6, 6.07) is 2.41. The van der Waals surface area contributed by atoms with Gasteiger partial charge in [0.25, 0.3) is 0 Å². The highest BCUT2D eigenvalue weighted by atomic mass is 19.4. The summed E-state index contributed by atoms with van der Waals surface area (Å²) in [5.74, 6) is 0.810. The SMILES string of the molecule is FC(F)(F)c1ccc2nnc([C@@H]3CCC[NH2+]C3)n2c1. The maximum absolute atomic E-state index is 12.7. The lowest BCUT2D eigenvalue weighted by Gasteiger charge is -2.18. The molecule has 1 saturated heterocycles. The van der Waals surface area contributed by atoms with Gasteiger partial charge in [-0.3, -0.25) is 4.40 Å². The summed E-state index contributed by atoms with van der Waals surface area (Å²) in [5, 5.41) is 10.2. The van der Waals surface area contributed by atoms with Crippen LogP contribution in [0.3, 0.4) is 0 Å². The summed E-state index contributed by atoms with van der Waals surface area (Å²) in [6.45, 7) is 1.93. The number of fused-ring (bicyclic) bond motifs is 1. The quantitative estimate of drug-likeness (QED) is 0.847. The van der Waals surface area contributed by atoms with E-state index in [0.717, 1.165) is 38.2 Å². The van der Waals surface area contributed by atoms with Crippen molar-refractivity contribution in [2.45, 2.75) is 24.9 Å². The van der Waals surface area contributed by atoms with Gasteiger partial charge in [0, 0.05) is 6.20 Å². The lowest BCUT2D eigenvalue weighted by Crippen LogP contribution is -2.86. The molecule has 7 heteroatoms. The van der Waals surface area contributed by atoms with Crippen LogP contribution >= 0.6 is 0 Å². The van der Waals surface area contributed by atoms with E-state index in [-0.39, 0.29) is 5.92 Å². The summed E-state index contributed by atoms with van der Waals surface area (Å²) < 4.78 is 39.7. The van der Waals surface area contributed by atoms with Gasteiger partial charge in [-0.15, -0.1) is 10.2 Å². The average Bonchev–Trinajstić information content (AvgIpc) is 2.81. The van der Waals surface area contributed by atoms with Gasteiger partial charge in [0.15, 0.2) is 5.65 Å². The zero-order chi connectivity index (χ0) is 13.5. The number of halogens is 3. The van der Waals surface area contributed by atoms with E-state index in [2.05, 4.69) is 15.5 Å². The van der Waals surface area contributed by atoms with E-state index in [4.69, 9.17) is 0 Å². The number of rotatable bonds is 1. The second kappa shape index (κ2) is 4.48. The third-order valence-corrected chi connectivity index (χ3v) is 3.53. The highest BCUT2D eigenvalue weighted by Crippen LogP contribution is 2.30. The van der Waals surface area contributed by atoms with E-state index in [1.807, 2.05) is 0 Å². The molecule has 2 aromatic heterocycles. The molecule has 4 nitrogen and oxygen atoms in total. The summed E-state index contributed by atoms with van der Waals surface area (Å²) in [5.41, 5.74) is -0.200. The Morgan fingerprint density at radius 1 is 1.26 bits per heavy atom. The minimum Gasteiger partial charge on any atom is -0.346 e. The zero-order valence-corrected chi connectivity index (χ0v) is 10.2. The Bertz CT molecular complexity index is 584. The van der Waals surface area contributed by atoms with Gasteiger partial charge in [-0.2, -0.15) is 13.2 Å². The van der Waals surface area contributed by atoms with E-state index in [1.54, 1.807) is 0 Å². The van der Waals surface area contributed by atoms with E-state index in [9.17, 15) is 13.2 Å². The molecule has 0 aliphatic carbocycles. The third kappa shape index (κ3) is 2.30. The Balaban J connectivity index is 2.05.